The zero-order valence-electron chi connectivity index (χ0n) is 20.1. The van der Waals surface area contributed by atoms with Crippen molar-refractivity contribution >= 4 is 16.7 Å². The summed E-state index contributed by atoms with van der Waals surface area (Å²) in [4.78, 5) is 28.8. The van der Waals surface area contributed by atoms with Crippen molar-refractivity contribution in [3.63, 3.8) is 0 Å². The maximum atomic E-state index is 13.4. The normalized spacial score (nSPS) is 14.8. The van der Waals surface area contributed by atoms with Crippen LogP contribution in [0.1, 0.15) is 59.1 Å². The summed E-state index contributed by atoms with van der Waals surface area (Å²) in [5.41, 5.74) is 5.60. The quantitative estimate of drug-likeness (QED) is 0.434. The molecule has 1 fully saturated rings. The van der Waals surface area contributed by atoms with E-state index < -0.39 is 0 Å². The second-order valence-electron chi connectivity index (χ2n) is 9.34. The Kier molecular flexibility index (Phi) is 7.46. The molecule has 3 heterocycles. The van der Waals surface area contributed by atoms with E-state index in [2.05, 4.69) is 46.2 Å². The fourth-order valence-electron chi connectivity index (χ4n) is 5.20. The van der Waals surface area contributed by atoms with Gasteiger partial charge in [-0.3, -0.25) is 9.59 Å². The number of nitrogens with zero attached hydrogens (tertiary/aromatic N) is 1. The van der Waals surface area contributed by atoms with Gasteiger partial charge in [0.05, 0.1) is 6.54 Å². The van der Waals surface area contributed by atoms with Crippen LogP contribution in [0, 0.1) is 19.8 Å². The Morgan fingerprint density at radius 3 is 2.70 bits per heavy atom. The molecule has 6 nitrogen and oxygen atoms in total. The van der Waals surface area contributed by atoms with Gasteiger partial charge in [-0.15, -0.1) is 0 Å². The average molecular weight is 449 g/mol. The Hall–Kier alpha value is -2.70. The predicted octanol–water partition coefficient (Wildman–Crippen LogP) is 3.87. The first-order valence-corrected chi connectivity index (χ1v) is 12.2. The van der Waals surface area contributed by atoms with E-state index in [1.165, 1.54) is 12.8 Å². The summed E-state index contributed by atoms with van der Waals surface area (Å²) in [7, 11) is 0. The first-order valence-electron chi connectivity index (χ1n) is 12.2. The van der Waals surface area contributed by atoms with Crippen LogP contribution in [0.4, 0.5) is 0 Å². The SMILES string of the molecule is CCCc1cc(C)[nH]c(=O)c1CNCC(=O)c1c(C)n(CC2CCNCC2)c2ccccc12. The van der Waals surface area contributed by atoms with Crippen LogP contribution in [0.15, 0.2) is 35.1 Å². The largest absolute Gasteiger partial charge is 0.344 e. The van der Waals surface area contributed by atoms with Crippen molar-refractivity contribution in [1.82, 2.24) is 20.2 Å². The monoisotopic (exact) mass is 448 g/mol. The molecule has 6 heteroatoms. The third kappa shape index (κ3) is 5.12. The molecule has 4 rings (SSSR count). The number of aromatic nitrogens is 2. The predicted molar refractivity (Wildman–Crippen MR) is 134 cm³/mol. The summed E-state index contributed by atoms with van der Waals surface area (Å²) in [6.07, 6.45) is 4.17. The van der Waals surface area contributed by atoms with E-state index in [-0.39, 0.29) is 17.9 Å². The number of aromatic amines is 1. The van der Waals surface area contributed by atoms with Gasteiger partial charge in [0.1, 0.15) is 0 Å². The lowest BCUT2D eigenvalue weighted by atomic mass is 9.98. The molecular formula is C27H36N4O2. The van der Waals surface area contributed by atoms with Gasteiger partial charge in [-0.1, -0.05) is 31.5 Å². The summed E-state index contributed by atoms with van der Waals surface area (Å²) < 4.78 is 2.34. The standard InChI is InChI=1S/C27H36N4O2/c1-4-7-21-14-18(2)30-27(33)23(21)15-29-16-25(32)26-19(3)31(17-20-10-12-28-13-11-20)24-9-6-5-8-22(24)26/h5-6,8-9,14,20,28-29H,4,7,10-13,15-17H2,1-3H3,(H,30,33). The van der Waals surface area contributed by atoms with Gasteiger partial charge in [0.15, 0.2) is 5.78 Å². The lowest BCUT2D eigenvalue weighted by Crippen LogP contribution is -2.30. The molecule has 1 aromatic carbocycles. The number of nitrogens with one attached hydrogen (secondary N) is 3. The number of pyridine rings is 1. The van der Waals surface area contributed by atoms with Crippen molar-refractivity contribution in [2.24, 2.45) is 5.92 Å². The Morgan fingerprint density at radius 2 is 1.94 bits per heavy atom. The van der Waals surface area contributed by atoms with E-state index >= 15 is 0 Å². The van der Waals surface area contributed by atoms with Crippen molar-refractivity contribution < 1.29 is 4.79 Å². The summed E-state index contributed by atoms with van der Waals surface area (Å²) in [6.45, 7) is 9.77. The fourth-order valence-corrected chi connectivity index (χ4v) is 5.20. The van der Waals surface area contributed by atoms with Gasteiger partial charge in [-0.05, 0) is 69.8 Å². The van der Waals surface area contributed by atoms with Crippen molar-refractivity contribution in [3.05, 3.63) is 68.8 Å². The molecule has 0 aliphatic carbocycles. The van der Waals surface area contributed by atoms with Crippen LogP contribution in [0.5, 0.6) is 0 Å². The van der Waals surface area contributed by atoms with Crippen LogP contribution >= 0.6 is 0 Å². The van der Waals surface area contributed by atoms with Gasteiger partial charge >= 0.3 is 0 Å². The van der Waals surface area contributed by atoms with Gasteiger partial charge in [0.25, 0.3) is 5.56 Å². The minimum Gasteiger partial charge on any atom is -0.344 e. The van der Waals surface area contributed by atoms with Crippen LogP contribution in [0.3, 0.4) is 0 Å². The highest BCUT2D eigenvalue weighted by atomic mass is 16.1. The topological polar surface area (TPSA) is 78.9 Å². The van der Waals surface area contributed by atoms with E-state index in [1.54, 1.807) is 0 Å². The lowest BCUT2D eigenvalue weighted by molar-refractivity contribution is 0.0991. The highest BCUT2D eigenvalue weighted by Gasteiger charge is 2.22. The fraction of sp³-hybridized carbons (Fsp3) is 0.481. The van der Waals surface area contributed by atoms with Gasteiger partial charge in [-0.25, -0.2) is 0 Å². The van der Waals surface area contributed by atoms with E-state index in [0.717, 1.165) is 71.5 Å². The highest BCUT2D eigenvalue weighted by Crippen LogP contribution is 2.28. The average Bonchev–Trinajstić information content (AvgIpc) is 3.08. The third-order valence-electron chi connectivity index (χ3n) is 6.88. The maximum Gasteiger partial charge on any atom is 0.252 e. The number of H-pyrrole nitrogens is 1. The van der Waals surface area contributed by atoms with E-state index in [0.29, 0.717) is 12.5 Å². The minimum absolute atomic E-state index is 0.0619. The number of para-hydroxylation sites is 1. The second kappa shape index (κ2) is 10.5. The Balaban J connectivity index is 1.53. The van der Waals surface area contributed by atoms with E-state index in [4.69, 9.17) is 0 Å². The molecule has 0 spiro atoms. The molecule has 0 saturated carbocycles. The van der Waals surface area contributed by atoms with Crippen LogP contribution in [-0.2, 0) is 19.5 Å². The molecule has 3 aromatic rings. The summed E-state index contributed by atoms with van der Waals surface area (Å²) in [6, 6.07) is 10.3. The minimum atomic E-state index is -0.0619. The molecule has 1 aliphatic rings. The van der Waals surface area contributed by atoms with Crippen LogP contribution in [-0.4, -0.2) is 35.0 Å². The molecule has 0 atom stereocenters. The molecule has 2 aromatic heterocycles. The van der Waals surface area contributed by atoms with Gasteiger partial charge in [0, 0.05) is 46.5 Å². The van der Waals surface area contributed by atoms with Gasteiger partial charge in [-0.2, -0.15) is 0 Å². The van der Waals surface area contributed by atoms with Gasteiger partial charge in [0.2, 0.25) is 0 Å². The molecular weight excluding hydrogens is 412 g/mol. The number of piperidine rings is 1. The van der Waals surface area contributed by atoms with Crippen molar-refractivity contribution in [3.8, 4) is 0 Å². The molecule has 0 bridgehead atoms. The zero-order valence-corrected chi connectivity index (χ0v) is 20.1. The Labute approximate surface area is 195 Å². The number of ketones is 1. The highest BCUT2D eigenvalue weighted by molar-refractivity contribution is 6.10. The first-order chi connectivity index (χ1) is 16.0. The van der Waals surface area contributed by atoms with Crippen molar-refractivity contribution in [2.45, 2.75) is 59.5 Å². The lowest BCUT2D eigenvalue weighted by Gasteiger charge is -2.24. The Bertz CT molecular complexity index is 1180. The molecule has 1 saturated heterocycles. The van der Waals surface area contributed by atoms with Crippen LogP contribution in [0.25, 0.3) is 10.9 Å². The molecule has 33 heavy (non-hydrogen) atoms. The summed E-state index contributed by atoms with van der Waals surface area (Å²) >= 11 is 0. The number of aryl methyl sites for hydroxylation is 2. The maximum absolute atomic E-state index is 13.4. The number of carbonyl (C=O) groups is 1. The number of carbonyl (C=O) groups excluding carboxylic acids is 1. The number of fused-ring (bicyclic) bond motifs is 1. The van der Waals surface area contributed by atoms with E-state index in [9.17, 15) is 9.59 Å². The third-order valence-corrected chi connectivity index (χ3v) is 6.88. The number of benzene rings is 1. The number of Topliss-reactive ketones (excluding diaryl/α,β-unsaturated/α-hetero) is 1. The molecule has 0 radical (unpaired) electrons. The first kappa shape index (κ1) is 23.5. The molecule has 0 unspecified atom stereocenters. The van der Waals surface area contributed by atoms with Crippen LogP contribution < -0.4 is 16.2 Å². The smallest absolute Gasteiger partial charge is 0.252 e. The van der Waals surface area contributed by atoms with Gasteiger partial charge < -0.3 is 20.2 Å². The second-order valence-corrected chi connectivity index (χ2v) is 9.34. The molecule has 1 aliphatic heterocycles. The number of rotatable bonds is 9. The number of hydrogen-bond donors (Lipinski definition) is 3. The molecule has 176 valence electrons. The Morgan fingerprint density at radius 1 is 1.18 bits per heavy atom. The molecule has 0 amide bonds. The number of hydrogen-bond acceptors (Lipinski definition) is 4. The van der Waals surface area contributed by atoms with Crippen LogP contribution in [0.2, 0.25) is 0 Å². The van der Waals surface area contributed by atoms with E-state index in [1.807, 2.05) is 25.1 Å². The zero-order chi connectivity index (χ0) is 23.4. The summed E-state index contributed by atoms with van der Waals surface area (Å²) in [5, 5.41) is 7.71. The summed E-state index contributed by atoms with van der Waals surface area (Å²) in [5.74, 6) is 0.709. The van der Waals surface area contributed by atoms with Crippen molar-refractivity contribution in [1.29, 1.82) is 0 Å². The molecule has 3 N–H and O–H groups in total. The van der Waals surface area contributed by atoms with Crippen molar-refractivity contribution in [2.75, 3.05) is 19.6 Å².